The maximum Gasteiger partial charge on any atom is 0.261 e. The van der Waals surface area contributed by atoms with Crippen molar-refractivity contribution in [1.29, 1.82) is 5.26 Å². The van der Waals surface area contributed by atoms with Crippen molar-refractivity contribution in [3.8, 4) is 11.8 Å². The summed E-state index contributed by atoms with van der Waals surface area (Å²) in [5, 5.41) is 8.89. The van der Waals surface area contributed by atoms with E-state index in [4.69, 9.17) is 20.7 Å². The molecule has 0 amide bonds. The lowest BCUT2D eigenvalue weighted by Crippen LogP contribution is -2.10. The van der Waals surface area contributed by atoms with Gasteiger partial charge in [0.15, 0.2) is 0 Å². The molecule has 1 aromatic carbocycles. The Hall–Kier alpha value is -1.25. The van der Waals surface area contributed by atoms with Gasteiger partial charge in [0.25, 0.3) is 9.05 Å². The minimum atomic E-state index is -3.72. The fraction of sp³-hybridized carbons (Fsp3) is 0.500. The van der Waals surface area contributed by atoms with E-state index in [-0.39, 0.29) is 10.3 Å². The van der Waals surface area contributed by atoms with Gasteiger partial charge in [-0.1, -0.05) is 0 Å². The molecule has 4 nitrogen and oxygen atoms in total. The molecular formula is C14H18ClNO3S. The smallest absolute Gasteiger partial charge is 0.261 e. The van der Waals surface area contributed by atoms with Crippen molar-refractivity contribution >= 4 is 19.7 Å². The maximum absolute atomic E-state index is 11.3. The highest BCUT2D eigenvalue weighted by molar-refractivity contribution is 8.13. The van der Waals surface area contributed by atoms with Gasteiger partial charge in [0.1, 0.15) is 5.75 Å². The van der Waals surface area contributed by atoms with Crippen LogP contribution in [0.1, 0.15) is 32.3 Å². The lowest BCUT2D eigenvalue weighted by molar-refractivity contribution is 0.284. The van der Waals surface area contributed by atoms with E-state index in [0.717, 1.165) is 12.8 Å². The summed E-state index contributed by atoms with van der Waals surface area (Å²) in [5.74, 6) is 0.598. The van der Waals surface area contributed by atoms with Crippen LogP contribution < -0.4 is 4.74 Å². The summed E-state index contributed by atoms with van der Waals surface area (Å²) >= 11 is 0. The Morgan fingerprint density at radius 3 is 2.55 bits per heavy atom. The molecule has 0 radical (unpaired) electrons. The van der Waals surface area contributed by atoms with Crippen LogP contribution >= 0.6 is 10.7 Å². The van der Waals surface area contributed by atoms with Gasteiger partial charge in [-0.05, 0) is 57.4 Å². The fourth-order valence-electron chi connectivity index (χ4n) is 1.75. The molecule has 0 aromatic heterocycles. The van der Waals surface area contributed by atoms with Crippen LogP contribution in [0.5, 0.6) is 5.75 Å². The zero-order valence-electron chi connectivity index (χ0n) is 11.8. The van der Waals surface area contributed by atoms with Crippen LogP contribution in [-0.4, -0.2) is 15.0 Å². The normalized spacial score (nSPS) is 11.9. The van der Waals surface area contributed by atoms with E-state index in [9.17, 15) is 8.42 Å². The molecule has 0 aliphatic rings. The molecule has 0 atom stereocenters. The van der Waals surface area contributed by atoms with E-state index in [2.05, 4.69) is 6.07 Å². The number of hydrogen-bond acceptors (Lipinski definition) is 4. The molecule has 0 aliphatic heterocycles. The van der Waals surface area contributed by atoms with Crippen molar-refractivity contribution < 1.29 is 13.2 Å². The predicted molar refractivity (Wildman–Crippen MR) is 78.3 cm³/mol. The molecule has 0 aliphatic carbocycles. The number of hydrogen-bond donors (Lipinski definition) is 0. The molecule has 0 heterocycles. The molecule has 0 fully saturated rings. The first-order chi connectivity index (χ1) is 9.15. The number of nitriles is 1. The highest BCUT2D eigenvalue weighted by atomic mass is 35.7. The van der Waals surface area contributed by atoms with E-state index >= 15 is 0 Å². The van der Waals surface area contributed by atoms with Crippen molar-refractivity contribution in [1.82, 2.24) is 0 Å². The summed E-state index contributed by atoms with van der Waals surface area (Å²) in [7, 11) is 1.59. The van der Waals surface area contributed by atoms with Crippen molar-refractivity contribution in [2.45, 2.75) is 38.5 Å². The summed E-state index contributed by atoms with van der Waals surface area (Å²) in [6.07, 6.45) is 1.51. The van der Waals surface area contributed by atoms with Gasteiger partial charge >= 0.3 is 0 Å². The van der Waals surface area contributed by atoms with Gasteiger partial charge in [-0.2, -0.15) is 5.26 Å². The van der Waals surface area contributed by atoms with Crippen LogP contribution in [0.15, 0.2) is 23.1 Å². The van der Waals surface area contributed by atoms with Crippen LogP contribution in [0.4, 0.5) is 0 Å². The van der Waals surface area contributed by atoms with Gasteiger partial charge in [-0.3, -0.25) is 0 Å². The van der Waals surface area contributed by atoms with E-state index < -0.39 is 9.05 Å². The third kappa shape index (κ3) is 5.03. The van der Waals surface area contributed by atoms with Crippen LogP contribution in [0.25, 0.3) is 0 Å². The Morgan fingerprint density at radius 2 is 2.05 bits per heavy atom. The van der Waals surface area contributed by atoms with E-state index in [1.54, 1.807) is 19.1 Å². The fourth-order valence-corrected chi connectivity index (χ4v) is 2.94. The summed E-state index contributed by atoms with van der Waals surface area (Å²) < 4.78 is 28.1. The second-order valence-electron chi connectivity index (χ2n) is 5.31. The van der Waals surface area contributed by atoms with Gasteiger partial charge in [0, 0.05) is 10.7 Å². The Morgan fingerprint density at radius 1 is 1.40 bits per heavy atom. The molecule has 110 valence electrons. The topological polar surface area (TPSA) is 67.2 Å². The summed E-state index contributed by atoms with van der Waals surface area (Å²) in [4.78, 5) is 0.0946. The average molecular weight is 316 g/mol. The van der Waals surface area contributed by atoms with Crippen LogP contribution in [0.3, 0.4) is 0 Å². The first-order valence-corrected chi connectivity index (χ1v) is 8.56. The van der Waals surface area contributed by atoms with E-state index in [1.807, 2.05) is 13.8 Å². The minimum absolute atomic E-state index is 0.0946. The van der Waals surface area contributed by atoms with Crippen molar-refractivity contribution in [2.75, 3.05) is 6.61 Å². The maximum atomic E-state index is 11.3. The van der Waals surface area contributed by atoms with E-state index in [0.29, 0.717) is 17.9 Å². The highest BCUT2D eigenvalue weighted by Crippen LogP contribution is 2.25. The van der Waals surface area contributed by atoms with Gasteiger partial charge in [0.05, 0.1) is 23.0 Å². The molecule has 1 rings (SSSR count). The molecule has 0 N–H and O–H groups in total. The standard InChI is InChI=1S/C14H18ClNO3S/c1-11-9-12(5-6-13(11)20(15,17)18)19-8-4-7-14(2,3)10-16/h5-6,9H,4,7-8H2,1-3H3. The summed E-state index contributed by atoms with van der Waals surface area (Å²) in [6.45, 7) is 5.92. The number of nitrogens with zero attached hydrogens (tertiary/aromatic N) is 1. The summed E-state index contributed by atoms with van der Waals surface area (Å²) in [5.41, 5.74) is 0.199. The number of ether oxygens (including phenoxy) is 1. The number of halogens is 1. The minimum Gasteiger partial charge on any atom is -0.494 e. The third-order valence-electron chi connectivity index (χ3n) is 2.93. The predicted octanol–water partition coefficient (Wildman–Crippen LogP) is 3.63. The van der Waals surface area contributed by atoms with Crippen LogP contribution in [0.2, 0.25) is 0 Å². The van der Waals surface area contributed by atoms with Crippen LogP contribution in [0, 0.1) is 23.7 Å². The largest absolute Gasteiger partial charge is 0.494 e. The lowest BCUT2D eigenvalue weighted by atomic mass is 9.90. The second kappa shape index (κ2) is 6.47. The number of benzene rings is 1. The first kappa shape index (κ1) is 16.8. The zero-order chi connectivity index (χ0) is 15.4. The molecule has 1 aromatic rings. The molecule has 0 bridgehead atoms. The molecule has 0 saturated carbocycles. The monoisotopic (exact) mass is 315 g/mol. The Balaban J connectivity index is 2.60. The molecule has 0 unspecified atom stereocenters. The highest BCUT2D eigenvalue weighted by Gasteiger charge is 2.16. The molecule has 0 saturated heterocycles. The number of aryl methyl sites for hydroxylation is 1. The average Bonchev–Trinajstić information content (AvgIpc) is 2.33. The third-order valence-corrected chi connectivity index (χ3v) is 4.41. The van der Waals surface area contributed by atoms with Gasteiger partial charge < -0.3 is 4.74 Å². The quantitative estimate of drug-likeness (QED) is 0.594. The van der Waals surface area contributed by atoms with Gasteiger partial charge in [0.2, 0.25) is 0 Å². The zero-order valence-corrected chi connectivity index (χ0v) is 13.4. The second-order valence-corrected chi connectivity index (χ2v) is 7.85. The molecular weight excluding hydrogens is 298 g/mol. The number of rotatable bonds is 6. The Kier molecular flexibility index (Phi) is 5.43. The lowest BCUT2D eigenvalue weighted by Gasteiger charge is -2.15. The van der Waals surface area contributed by atoms with Crippen molar-refractivity contribution in [2.24, 2.45) is 5.41 Å². The molecule has 6 heteroatoms. The first-order valence-electron chi connectivity index (χ1n) is 6.25. The molecule has 0 spiro atoms. The summed E-state index contributed by atoms with van der Waals surface area (Å²) in [6, 6.07) is 6.90. The van der Waals surface area contributed by atoms with Gasteiger partial charge in [-0.15, -0.1) is 0 Å². The van der Waals surface area contributed by atoms with Crippen molar-refractivity contribution in [3.05, 3.63) is 23.8 Å². The van der Waals surface area contributed by atoms with Crippen molar-refractivity contribution in [3.63, 3.8) is 0 Å². The van der Waals surface area contributed by atoms with E-state index in [1.165, 1.54) is 6.07 Å². The Labute approximate surface area is 124 Å². The van der Waals surface area contributed by atoms with Gasteiger partial charge in [-0.25, -0.2) is 8.42 Å². The molecule has 20 heavy (non-hydrogen) atoms. The van der Waals surface area contributed by atoms with Crippen LogP contribution in [-0.2, 0) is 9.05 Å². The SMILES string of the molecule is Cc1cc(OCCCC(C)(C)C#N)ccc1S(=O)(=O)Cl. The Bertz CT molecular complexity index is 618.